The maximum Gasteiger partial charge on any atom is 0.256 e. The van der Waals surface area contributed by atoms with Gasteiger partial charge in [0.25, 0.3) is 5.91 Å². The summed E-state index contributed by atoms with van der Waals surface area (Å²) in [6.07, 6.45) is 0.259. The zero-order chi connectivity index (χ0) is 22.3. The number of anilines is 2. The van der Waals surface area contributed by atoms with Crippen LogP contribution >= 0.6 is 0 Å². The molecule has 4 heteroatoms. The molecule has 0 bridgehead atoms. The number of benzene rings is 4. The molecule has 0 heterocycles. The van der Waals surface area contributed by atoms with Crippen LogP contribution in [-0.4, -0.2) is 11.8 Å². The van der Waals surface area contributed by atoms with Crippen molar-refractivity contribution in [2.75, 3.05) is 10.6 Å². The average Bonchev–Trinajstić information content (AvgIpc) is 2.82. The lowest BCUT2D eigenvalue weighted by Gasteiger charge is -2.13. The monoisotopic (exact) mass is 420 g/mol. The summed E-state index contributed by atoms with van der Waals surface area (Å²) in [5.41, 5.74) is 5.81. The molecule has 0 saturated heterocycles. The van der Waals surface area contributed by atoms with Gasteiger partial charge in [-0.25, -0.2) is 0 Å². The number of nitrogens with one attached hydrogen (secondary N) is 2. The minimum Gasteiger partial charge on any atom is -0.326 e. The molecular formula is C28H24N2O2. The SMILES string of the molecule is Cc1c(NC(=O)Cc2ccc(-c3ccccc3)cc2)cccc1C(=O)Nc1ccccc1. The second kappa shape index (κ2) is 9.75. The van der Waals surface area contributed by atoms with Crippen LogP contribution < -0.4 is 10.6 Å². The quantitative estimate of drug-likeness (QED) is 0.396. The van der Waals surface area contributed by atoms with Crippen molar-refractivity contribution in [3.8, 4) is 11.1 Å². The number of carbonyl (C=O) groups excluding carboxylic acids is 2. The fourth-order valence-electron chi connectivity index (χ4n) is 3.56. The topological polar surface area (TPSA) is 58.2 Å². The van der Waals surface area contributed by atoms with Crippen LogP contribution in [0.25, 0.3) is 11.1 Å². The fourth-order valence-corrected chi connectivity index (χ4v) is 3.56. The van der Waals surface area contributed by atoms with E-state index in [0.717, 1.165) is 27.9 Å². The Hall–Kier alpha value is -4.18. The van der Waals surface area contributed by atoms with Gasteiger partial charge >= 0.3 is 0 Å². The minimum atomic E-state index is -0.207. The molecule has 4 nitrogen and oxygen atoms in total. The molecule has 0 aliphatic rings. The highest BCUT2D eigenvalue weighted by Crippen LogP contribution is 2.22. The lowest BCUT2D eigenvalue weighted by Crippen LogP contribution is -2.18. The number of hydrogen-bond acceptors (Lipinski definition) is 2. The van der Waals surface area contributed by atoms with Crippen LogP contribution in [0.1, 0.15) is 21.5 Å². The van der Waals surface area contributed by atoms with E-state index >= 15 is 0 Å². The van der Waals surface area contributed by atoms with Gasteiger partial charge < -0.3 is 10.6 Å². The molecule has 0 spiro atoms. The van der Waals surface area contributed by atoms with Crippen molar-refractivity contribution in [3.63, 3.8) is 0 Å². The highest BCUT2D eigenvalue weighted by atomic mass is 16.2. The number of para-hydroxylation sites is 1. The van der Waals surface area contributed by atoms with E-state index in [1.165, 1.54) is 0 Å². The molecule has 0 radical (unpaired) electrons. The first-order valence-electron chi connectivity index (χ1n) is 10.5. The second-order valence-electron chi connectivity index (χ2n) is 7.59. The third kappa shape index (κ3) is 5.10. The van der Waals surface area contributed by atoms with Gasteiger partial charge in [0.2, 0.25) is 5.91 Å². The molecule has 0 aromatic heterocycles. The molecule has 0 saturated carbocycles. The van der Waals surface area contributed by atoms with Gasteiger partial charge in [0.05, 0.1) is 6.42 Å². The number of hydrogen-bond donors (Lipinski definition) is 2. The van der Waals surface area contributed by atoms with E-state index < -0.39 is 0 Å². The third-order valence-electron chi connectivity index (χ3n) is 5.31. The fraction of sp³-hybridized carbons (Fsp3) is 0.0714. The lowest BCUT2D eigenvalue weighted by molar-refractivity contribution is -0.115. The Kier molecular flexibility index (Phi) is 6.42. The normalized spacial score (nSPS) is 10.4. The van der Waals surface area contributed by atoms with Crippen molar-refractivity contribution in [1.82, 2.24) is 0 Å². The summed E-state index contributed by atoms with van der Waals surface area (Å²) < 4.78 is 0. The van der Waals surface area contributed by atoms with E-state index in [2.05, 4.69) is 22.8 Å². The Balaban J connectivity index is 1.42. The number of carbonyl (C=O) groups is 2. The minimum absolute atomic E-state index is 0.124. The summed E-state index contributed by atoms with van der Waals surface area (Å²) in [5.74, 6) is -0.331. The predicted octanol–water partition coefficient (Wildman–Crippen LogP) is 6.10. The molecule has 0 unspecified atom stereocenters. The van der Waals surface area contributed by atoms with E-state index in [9.17, 15) is 9.59 Å². The Morgan fingerprint density at radius 3 is 1.97 bits per heavy atom. The summed E-state index contributed by atoms with van der Waals surface area (Å²) in [5, 5.41) is 5.83. The lowest BCUT2D eigenvalue weighted by atomic mass is 10.0. The van der Waals surface area contributed by atoms with Gasteiger partial charge in [-0.05, 0) is 53.4 Å². The summed E-state index contributed by atoms with van der Waals surface area (Å²) in [7, 11) is 0. The molecule has 4 aromatic carbocycles. The number of amides is 2. The van der Waals surface area contributed by atoms with Crippen molar-refractivity contribution in [3.05, 3.63) is 120 Å². The van der Waals surface area contributed by atoms with Crippen LogP contribution in [0, 0.1) is 6.92 Å². The molecule has 0 atom stereocenters. The van der Waals surface area contributed by atoms with E-state index in [1.807, 2.05) is 85.8 Å². The molecule has 0 aliphatic carbocycles. The van der Waals surface area contributed by atoms with Gasteiger partial charge in [-0.1, -0.05) is 78.9 Å². The Morgan fingerprint density at radius 2 is 1.28 bits per heavy atom. The molecule has 4 aromatic rings. The first-order chi connectivity index (χ1) is 15.6. The predicted molar refractivity (Wildman–Crippen MR) is 130 cm³/mol. The van der Waals surface area contributed by atoms with Crippen molar-refractivity contribution < 1.29 is 9.59 Å². The first-order valence-corrected chi connectivity index (χ1v) is 10.5. The van der Waals surface area contributed by atoms with E-state index in [1.54, 1.807) is 12.1 Å². The van der Waals surface area contributed by atoms with E-state index in [0.29, 0.717) is 11.3 Å². The van der Waals surface area contributed by atoms with Crippen molar-refractivity contribution in [2.24, 2.45) is 0 Å². The van der Waals surface area contributed by atoms with Gasteiger partial charge in [0, 0.05) is 16.9 Å². The van der Waals surface area contributed by atoms with Gasteiger partial charge in [-0.15, -0.1) is 0 Å². The largest absolute Gasteiger partial charge is 0.326 e. The van der Waals surface area contributed by atoms with Crippen LogP contribution in [0.3, 0.4) is 0 Å². The maximum atomic E-state index is 12.7. The molecule has 2 amide bonds. The summed E-state index contributed by atoms with van der Waals surface area (Å²) >= 11 is 0. The second-order valence-corrected chi connectivity index (χ2v) is 7.59. The van der Waals surface area contributed by atoms with Gasteiger partial charge in [-0.3, -0.25) is 9.59 Å². The molecule has 2 N–H and O–H groups in total. The summed E-state index contributed by atoms with van der Waals surface area (Å²) in [6.45, 7) is 1.84. The summed E-state index contributed by atoms with van der Waals surface area (Å²) in [6, 6.07) is 32.8. The zero-order valence-electron chi connectivity index (χ0n) is 17.8. The van der Waals surface area contributed by atoms with Crippen molar-refractivity contribution >= 4 is 23.2 Å². The van der Waals surface area contributed by atoms with Crippen LogP contribution in [0.4, 0.5) is 11.4 Å². The maximum absolute atomic E-state index is 12.7. The van der Waals surface area contributed by atoms with Crippen LogP contribution in [0.5, 0.6) is 0 Å². The Morgan fingerprint density at radius 1 is 0.656 bits per heavy atom. The molecule has 0 fully saturated rings. The highest BCUT2D eigenvalue weighted by Gasteiger charge is 2.14. The van der Waals surface area contributed by atoms with E-state index in [4.69, 9.17) is 0 Å². The van der Waals surface area contributed by atoms with E-state index in [-0.39, 0.29) is 18.2 Å². The van der Waals surface area contributed by atoms with Crippen molar-refractivity contribution in [1.29, 1.82) is 0 Å². The molecule has 158 valence electrons. The molecular weight excluding hydrogens is 396 g/mol. The van der Waals surface area contributed by atoms with Crippen LogP contribution in [0.2, 0.25) is 0 Å². The first kappa shape index (κ1) is 21.1. The standard InChI is InChI=1S/C28H24N2O2/c1-20-25(28(32)29-24-11-6-3-7-12-24)13-8-14-26(20)30-27(31)19-21-15-17-23(18-16-21)22-9-4-2-5-10-22/h2-18H,19H2,1H3,(H,29,32)(H,30,31). The third-order valence-corrected chi connectivity index (χ3v) is 5.31. The molecule has 4 rings (SSSR count). The smallest absolute Gasteiger partial charge is 0.256 e. The molecule has 0 aliphatic heterocycles. The average molecular weight is 421 g/mol. The summed E-state index contributed by atoms with van der Waals surface area (Å²) in [4.78, 5) is 25.3. The Bertz CT molecular complexity index is 1220. The number of rotatable bonds is 6. The van der Waals surface area contributed by atoms with Gasteiger partial charge in [-0.2, -0.15) is 0 Å². The van der Waals surface area contributed by atoms with Crippen molar-refractivity contribution in [2.45, 2.75) is 13.3 Å². The van der Waals surface area contributed by atoms with Gasteiger partial charge in [0.1, 0.15) is 0 Å². The van der Waals surface area contributed by atoms with Crippen LogP contribution in [-0.2, 0) is 11.2 Å². The van der Waals surface area contributed by atoms with Gasteiger partial charge in [0.15, 0.2) is 0 Å². The molecule has 32 heavy (non-hydrogen) atoms. The zero-order valence-corrected chi connectivity index (χ0v) is 17.8. The Labute approximate surface area is 187 Å². The van der Waals surface area contributed by atoms with Crippen LogP contribution in [0.15, 0.2) is 103 Å². The highest BCUT2D eigenvalue weighted by molar-refractivity contribution is 6.06.